The van der Waals surface area contributed by atoms with E-state index < -0.39 is 0 Å². The molecule has 0 aromatic carbocycles. The fourth-order valence-electron chi connectivity index (χ4n) is 2.20. The van der Waals surface area contributed by atoms with Crippen molar-refractivity contribution in [3.63, 3.8) is 0 Å². The van der Waals surface area contributed by atoms with Gasteiger partial charge in [0.2, 0.25) is 5.91 Å². The van der Waals surface area contributed by atoms with E-state index in [4.69, 9.17) is 0 Å². The van der Waals surface area contributed by atoms with Crippen molar-refractivity contribution in [2.45, 2.75) is 6.04 Å². The monoisotopic (exact) mass is 292 g/mol. The van der Waals surface area contributed by atoms with Crippen molar-refractivity contribution in [2.75, 3.05) is 45.7 Å². The van der Waals surface area contributed by atoms with Gasteiger partial charge in [0.15, 0.2) is 11.5 Å². The zero-order valence-corrected chi connectivity index (χ0v) is 12.5. The first kappa shape index (κ1) is 15.2. The standard InChI is InChI=1S/C13H20N6O2/c1-14-12(20)10-8-15-6-7-19(10)11-5-4-9(16-17-11)13(21)18(2)3/h4-5,10,15H,6-8H2,1-3H3,(H,14,20). The molecule has 21 heavy (non-hydrogen) atoms. The molecular weight excluding hydrogens is 272 g/mol. The molecule has 8 heteroatoms. The second kappa shape index (κ2) is 6.49. The highest BCUT2D eigenvalue weighted by atomic mass is 16.2. The van der Waals surface area contributed by atoms with Crippen LogP contribution in [0.2, 0.25) is 0 Å². The predicted octanol–water partition coefficient (Wildman–Crippen LogP) is -1.30. The van der Waals surface area contributed by atoms with Crippen molar-refractivity contribution >= 4 is 17.6 Å². The summed E-state index contributed by atoms with van der Waals surface area (Å²) in [7, 11) is 4.94. The Bertz CT molecular complexity index is 516. The van der Waals surface area contributed by atoms with E-state index in [1.165, 1.54) is 4.90 Å². The van der Waals surface area contributed by atoms with E-state index >= 15 is 0 Å². The molecule has 2 heterocycles. The summed E-state index contributed by atoms with van der Waals surface area (Å²) in [5, 5.41) is 13.9. The summed E-state index contributed by atoms with van der Waals surface area (Å²) in [6.45, 7) is 1.99. The van der Waals surface area contributed by atoms with Crippen molar-refractivity contribution in [1.29, 1.82) is 0 Å². The van der Waals surface area contributed by atoms with Crippen molar-refractivity contribution < 1.29 is 9.59 Å². The van der Waals surface area contributed by atoms with Crippen LogP contribution < -0.4 is 15.5 Å². The molecule has 0 bridgehead atoms. The molecule has 2 amide bonds. The molecule has 1 aliphatic heterocycles. The molecule has 1 aromatic heterocycles. The van der Waals surface area contributed by atoms with Crippen LogP contribution in [0.15, 0.2) is 12.1 Å². The molecule has 0 aliphatic carbocycles. The maximum Gasteiger partial charge on any atom is 0.273 e. The van der Waals surface area contributed by atoms with Gasteiger partial charge in [-0.05, 0) is 12.1 Å². The van der Waals surface area contributed by atoms with Gasteiger partial charge in [-0.15, -0.1) is 10.2 Å². The molecule has 8 nitrogen and oxygen atoms in total. The van der Waals surface area contributed by atoms with Crippen LogP contribution >= 0.6 is 0 Å². The fraction of sp³-hybridized carbons (Fsp3) is 0.538. The molecule has 2 rings (SSSR count). The van der Waals surface area contributed by atoms with Gasteiger partial charge in [0.25, 0.3) is 5.91 Å². The quantitative estimate of drug-likeness (QED) is 0.720. The predicted molar refractivity (Wildman–Crippen MR) is 78.1 cm³/mol. The number of likely N-dealkylation sites (N-methyl/N-ethyl adjacent to an activating group) is 1. The summed E-state index contributed by atoms with van der Waals surface area (Å²) in [5.41, 5.74) is 0.287. The second-order valence-corrected chi connectivity index (χ2v) is 5.00. The number of nitrogens with zero attached hydrogens (tertiary/aromatic N) is 4. The highest BCUT2D eigenvalue weighted by Crippen LogP contribution is 2.15. The lowest BCUT2D eigenvalue weighted by Crippen LogP contribution is -2.58. The Labute approximate surface area is 123 Å². The second-order valence-electron chi connectivity index (χ2n) is 5.00. The third-order valence-corrected chi connectivity index (χ3v) is 3.36. The summed E-state index contributed by atoms with van der Waals surface area (Å²) in [4.78, 5) is 27.0. The summed E-state index contributed by atoms with van der Waals surface area (Å²) >= 11 is 0. The Morgan fingerprint density at radius 2 is 2.14 bits per heavy atom. The molecule has 2 N–H and O–H groups in total. The molecule has 1 atom stereocenters. The first-order valence-electron chi connectivity index (χ1n) is 6.79. The van der Waals surface area contributed by atoms with Crippen LogP contribution in [0.1, 0.15) is 10.5 Å². The Kier molecular flexibility index (Phi) is 4.69. The molecule has 0 spiro atoms. The Hall–Kier alpha value is -2.22. The van der Waals surface area contributed by atoms with Gasteiger partial charge in [-0.3, -0.25) is 9.59 Å². The molecule has 1 unspecified atom stereocenters. The number of nitrogens with one attached hydrogen (secondary N) is 2. The molecule has 114 valence electrons. The average molecular weight is 292 g/mol. The van der Waals surface area contributed by atoms with Crippen molar-refractivity contribution in [3.8, 4) is 0 Å². The SMILES string of the molecule is CNC(=O)C1CNCCN1c1ccc(C(=O)N(C)C)nn1. The first-order chi connectivity index (χ1) is 10.0. The van der Waals surface area contributed by atoms with Crippen LogP contribution in [0.5, 0.6) is 0 Å². The van der Waals surface area contributed by atoms with Gasteiger partial charge in [-0.25, -0.2) is 0 Å². The van der Waals surface area contributed by atoms with Crippen LogP contribution in [-0.4, -0.2) is 73.7 Å². The minimum atomic E-state index is -0.326. The number of carbonyl (C=O) groups is 2. The van der Waals surface area contributed by atoms with Crippen LogP contribution in [0.25, 0.3) is 0 Å². The number of piperazine rings is 1. The van der Waals surface area contributed by atoms with Gasteiger partial charge < -0.3 is 20.4 Å². The van der Waals surface area contributed by atoms with Gasteiger partial charge in [-0.2, -0.15) is 0 Å². The molecule has 1 fully saturated rings. The molecule has 1 aliphatic rings. The van der Waals surface area contributed by atoms with E-state index in [-0.39, 0.29) is 23.6 Å². The van der Waals surface area contributed by atoms with E-state index in [1.54, 1.807) is 33.3 Å². The van der Waals surface area contributed by atoms with Crippen LogP contribution in [0, 0.1) is 0 Å². The topological polar surface area (TPSA) is 90.5 Å². The lowest BCUT2D eigenvalue weighted by molar-refractivity contribution is -0.122. The smallest absolute Gasteiger partial charge is 0.273 e. The third kappa shape index (κ3) is 3.27. The number of carbonyl (C=O) groups excluding carboxylic acids is 2. The number of hydrogen-bond acceptors (Lipinski definition) is 6. The highest BCUT2D eigenvalue weighted by molar-refractivity contribution is 5.92. The lowest BCUT2D eigenvalue weighted by atomic mass is 10.1. The number of anilines is 1. The van der Waals surface area contributed by atoms with E-state index in [1.807, 2.05) is 4.90 Å². The van der Waals surface area contributed by atoms with E-state index in [9.17, 15) is 9.59 Å². The zero-order valence-electron chi connectivity index (χ0n) is 12.5. The van der Waals surface area contributed by atoms with E-state index in [0.717, 1.165) is 6.54 Å². The summed E-state index contributed by atoms with van der Waals surface area (Å²) in [5.74, 6) is 0.329. The molecule has 0 saturated carbocycles. The average Bonchev–Trinajstić information content (AvgIpc) is 2.53. The van der Waals surface area contributed by atoms with E-state index in [0.29, 0.717) is 18.9 Å². The molecular formula is C13H20N6O2. The van der Waals surface area contributed by atoms with Gasteiger partial charge in [-0.1, -0.05) is 0 Å². The Morgan fingerprint density at radius 3 is 2.71 bits per heavy atom. The summed E-state index contributed by atoms with van der Waals surface area (Å²) in [6.07, 6.45) is 0. The van der Waals surface area contributed by atoms with Gasteiger partial charge in [0.05, 0.1) is 0 Å². The summed E-state index contributed by atoms with van der Waals surface area (Å²) in [6, 6.07) is 3.03. The molecule has 1 saturated heterocycles. The zero-order chi connectivity index (χ0) is 15.4. The maximum absolute atomic E-state index is 11.9. The van der Waals surface area contributed by atoms with Gasteiger partial charge >= 0.3 is 0 Å². The normalized spacial score (nSPS) is 18.2. The lowest BCUT2D eigenvalue weighted by Gasteiger charge is -2.35. The Balaban J connectivity index is 2.20. The Morgan fingerprint density at radius 1 is 1.38 bits per heavy atom. The van der Waals surface area contributed by atoms with Crippen LogP contribution in [0.4, 0.5) is 5.82 Å². The van der Waals surface area contributed by atoms with Crippen LogP contribution in [-0.2, 0) is 4.79 Å². The fourth-order valence-corrected chi connectivity index (χ4v) is 2.20. The van der Waals surface area contributed by atoms with Crippen LogP contribution in [0.3, 0.4) is 0 Å². The molecule has 0 radical (unpaired) electrons. The largest absolute Gasteiger partial charge is 0.357 e. The van der Waals surface area contributed by atoms with Crippen molar-refractivity contribution in [1.82, 2.24) is 25.7 Å². The van der Waals surface area contributed by atoms with Gasteiger partial charge in [0.1, 0.15) is 6.04 Å². The van der Waals surface area contributed by atoms with Crippen molar-refractivity contribution in [3.05, 3.63) is 17.8 Å². The van der Waals surface area contributed by atoms with E-state index in [2.05, 4.69) is 20.8 Å². The maximum atomic E-state index is 11.9. The number of hydrogen-bond donors (Lipinski definition) is 2. The minimum absolute atomic E-state index is 0.0718. The first-order valence-corrected chi connectivity index (χ1v) is 6.79. The third-order valence-electron chi connectivity index (χ3n) is 3.36. The molecule has 1 aromatic rings. The van der Waals surface area contributed by atoms with Crippen molar-refractivity contribution in [2.24, 2.45) is 0 Å². The number of rotatable bonds is 3. The van der Waals surface area contributed by atoms with Gasteiger partial charge in [0, 0.05) is 40.8 Å². The summed E-state index contributed by atoms with van der Waals surface area (Å²) < 4.78 is 0. The number of aromatic nitrogens is 2. The number of amides is 2. The highest BCUT2D eigenvalue weighted by Gasteiger charge is 2.29. The minimum Gasteiger partial charge on any atom is -0.357 e.